The molecule has 0 aliphatic carbocycles. The molecule has 1 aromatic heterocycles. The second-order valence-corrected chi connectivity index (χ2v) is 16.8. The van der Waals surface area contributed by atoms with E-state index in [1.54, 1.807) is 7.11 Å². The van der Waals surface area contributed by atoms with Crippen molar-refractivity contribution in [1.82, 2.24) is 15.1 Å². The maximum atomic E-state index is 14.9. The summed E-state index contributed by atoms with van der Waals surface area (Å²) in [4.78, 5) is 32.3. The lowest BCUT2D eigenvalue weighted by Gasteiger charge is -2.62. The topological polar surface area (TPSA) is 156 Å². The first kappa shape index (κ1) is 36.2. The summed E-state index contributed by atoms with van der Waals surface area (Å²) in [5.74, 6) is 1.39. The number of para-hydroxylation sites is 1. The number of fused-ring (bicyclic) bond motifs is 11. The van der Waals surface area contributed by atoms with E-state index in [1.165, 1.54) is 18.7 Å². The van der Waals surface area contributed by atoms with Gasteiger partial charge in [-0.15, -0.1) is 18.3 Å². The van der Waals surface area contributed by atoms with Gasteiger partial charge in [-0.1, -0.05) is 30.3 Å². The third kappa shape index (κ3) is 4.92. The first-order chi connectivity index (χ1) is 27.6. The fourth-order valence-electron chi connectivity index (χ4n) is 10.7. The summed E-state index contributed by atoms with van der Waals surface area (Å²) in [6, 6.07) is 9.70. The number of aryl methyl sites for hydroxylation is 1. The summed E-state index contributed by atoms with van der Waals surface area (Å²) in [6.07, 6.45) is 2.97. The fourth-order valence-corrected chi connectivity index (χ4v) is 12.4. The summed E-state index contributed by atoms with van der Waals surface area (Å²) in [7, 11) is 1.55. The first-order valence-corrected chi connectivity index (χ1v) is 20.3. The average Bonchev–Trinajstić information content (AvgIpc) is 3.84. The standard InChI is InChI=1S/C43H42N4O9S/c1-6-13-46-26-15-23-14-20(2)36(51-5)35(49)30(23)33(46)34-40-32-31(39-38(53-19-54-39)21(3)37(32)55-22(4)48)28(47(34)27(26)16-44)17-52-42(50)43(18-57-40)41-25(11-12-45-43)24-9-7-8-10-29(24)56-41/h6-10,14,26-28,33-34,40,45,49H,1,11-13,15,17-19H2,2-5H3/t26-,27-,28-,33+,34+,40+,43+/m0/s1. The molecule has 2 N–H and O–H groups in total. The third-order valence-electron chi connectivity index (χ3n) is 12.8. The zero-order chi connectivity index (χ0) is 39.5. The minimum absolute atomic E-state index is 0.0457. The first-order valence-electron chi connectivity index (χ1n) is 19.3. The molecule has 7 atom stereocenters. The molecule has 2 saturated heterocycles. The highest BCUT2D eigenvalue weighted by Crippen LogP contribution is 2.65. The number of aromatic hydroxyl groups is 1. The Kier molecular flexibility index (Phi) is 8.36. The molecule has 4 aromatic rings. The lowest BCUT2D eigenvalue weighted by molar-refractivity contribution is -0.158. The molecular formula is C43H42N4O9S. The maximum Gasteiger partial charge on any atom is 0.335 e. The van der Waals surface area contributed by atoms with Gasteiger partial charge in [0.05, 0.1) is 30.5 Å². The van der Waals surface area contributed by atoms with Gasteiger partial charge >= 0.3 is 11.9 Å². The number of rotatable bonds is 4. The Balaban J connectivity index is 1.27. The van der Waals surface area contributed by atoms with Gasteiger partial charge < -0.3 is 33.2 Å². The van der Waals surface area contributed by atoms with Crippen LogP contribution in [0.2, 0.25) is 0 Å². The average molecular weight is 791 g/mol. The summed E-state index contributed by atoms with van der Waals surface area (Å²) in [6.45, 7) is 9.97. The number of benzene rings is 3. The van der Waals surface area contributed by atoms with Gasteiger partial charge in [-0.25, -0.2) is 4.79 Å². The number of phenols is 1. The van der Waals surface area contributed by atoms with E-state index in [0.717, 1.165) is 22.1 Å². The number of nitrogens with one attached hydrogen (secondary N) is 1. The smallest absolute Gasteiger partial charge is 0.335 e. The van der Waals surface area contributed by atoms with Crippen LogP contribution in [-0.4, -0.2) is 84.3 Å². The number of carbonyl (C=O) groups excluding carboxylic acids is 2. The van der Waals surface area contributed by atoms with Gasteiger partial charge in [-0.2, -0.15) is 5.26 Å². The Morgan fingerprint density at radius 2 is 1.98 bits per heavy atom. The van der Waals surface area contributed by atoms with Crippen LogP contribution in [0.3, 0.4) is 0 Å². The Bertz CT molecular complexity index is 2460. The fraction of sp³-hybridized carbons (Fsp3) is 0.419. The predicted octanol–water partition coefficient (Wildman–Crippen LogP) is 5.58. The van der Waals surface area contributed by atoms with Gasteiger partial charge in [0.1, 0.15) is 29.7 Å². The highest BCUT2D eigenvalue weighted by molar-refractivity contribution is 7.99. The minimum atomic E-state index is -1.37. The van der Waals surface area contributed by atoms with E-state index in [9.17, 15) is 20.0 Å². The summed E-state index contributed by atoms with van der Waals surface area (Å²) < 4.78 is 37.4. The van der Waals surface area contributed by atoms with E-state index in [0.29, 0.717) is 82.5 Å². The van der Waals surface area contributed by atoms with E-state index in [2.05, 4.69) is 33.8 Å². The number of carbonyl (C=O) groups is 2. The molecule has 1 spiro atoms. The quantitative estimate of drug-likeness (QED) is 0.150. The van der Waals surface area contributed by atoms with Crippen molar-refractivity contribution in [2.45, 2.75) is 74.6 Å². The van der Waals surface area contributed by atoms with Gasteiger partial charge in [0.25, 0.3) is 0 Å². The van der Waals surface area contributed by atoms with Crippen molar-refractivity contribution < 1.29 is 42.8 Å². The number of nitriles is 1. The Morgan fingerprint density at radius 3 is 2.75 bits per heavy atom. The maximum absolute atomic E-state index is 14.9. The number of nitrogens with zero attached hydrogens (tertiary/aromatic N) is 3. The van der Waals surface area contributed by atoms with Crippen LogP contribution in [0, 0.1) is 25.2 Å². The van der Waals surface area contributed by atoms with Crippen LogP contribution in [-0.2, 0) is 32.7 Å². The molecule has 2 fully saturated rings. The second-order valence-electron chi connectivity index (χ2n) is 15.6. The van der Waals surface area contributed by atoms with Crippen LogP contribution < -0.4 is 24.3 Å². The number of hydrogen-bond donors (Lipinski definition) is 2. The number of methoxy groups -OCH3 is 1. The number of ether oxygens (including phenoxy) is 5. The van der Waals surface area contributed by atoms with Crippen LogP contribution in [0.1, 0.15) is 69.0 Å². The van der Waals surface area contributed by atoms with Crippen LogP contribution >= 0.6 is 11.8 Å². The molecule has 11 rings (SSSR count). The summed E-state index contributed by atoms with van der Waals surface area (Å²) >= 11 is 1.51. The lowest BCUT2D eigenvalue weighted by Crippen LogP contribution is -2.70. The molecule has 0 radical (unpaired) electrons. The number of furan rings is 1. The molecule has 7 aliphatic heterocycles. The zero-order valence-electron chi connectivity index (χ0n) is 32.0. The molecule has 0 amide bonds. The van der Waals surface area contributed by atoms with Crippen molar-refractivity contribution >= 4 is 34.7 Å². The second kappa shape index (κ2) is 13.2. The molecule has 8 heterocycles. The Morgan fingerprint density at radius 1 is 1.18 bits per heavy atom. The van der Waals surface area contributed by atoms with E-state index < -0.39 is 46.9 Å². The molecule has 4 bridgehead atoms. The molecule has 3 aromatic carbocycles. The number of phenolic OH excluding ortho intramolecular Hbond substituents is 1. The van der Waals surface area contributed by atoms with E-state index in [-0.39, 0.29) is 30.9 Å². The number of thioether (sulfide) groups is 1. The molecule has 0 saturated carbocycles. The summed E-state index contributed by atoms with van der Waals surface area (Å²) in [5.41, 5.74) is 4.68. The van der Waals surface area contributed by atoms with Gasteiger partial charge in [-0.3, -0.25) is 19.9 Å². The molecule has 57 heavy (non-hydrogen) atoms. The largest absolute Gasteiger partial charge is 0.504 e. The monoisotopic (exact) mass is 790 g/mol. The SMILES string of the molecule is C=CCN1[C@@H]2c3c(cc(C)c(OC)c3O)C[C@H]1[C@H](C#N)N1[C@H]2[C@@H]2SC[C@]3(NCCc4c3oc3ccccc43)C(=O)OC[C@H]1c1c3c(c(C)c(OC(C)=O)c12)OCO3. The Hall–Kier alpha value is -5.20. The molecule has 294 valence electrons. The van der Waals surface area contributed by atoms with Crippen molar-refractivity contribution in [2.24, 2.45) is 0 Å². The van der Waals surface area contributed by atoms with Gasteiger partial charge in [-0.05, 0) is 43.9 Å². The van der Waals surface area contributed by atoms with Crippen molar-refractivity contribution in [1.29, 1.82) is 5.26 Å². The predicted molar refractivity (Wildman–Crippen MR) is 209 cm³/mol. The molecule has 0 unspecified atom stereocenters. The van der Waals surface area contributed by atoms with Crippen molar-refractivity contribution in [3.8, 4) is 34.8 Å². The third-order valence-corrected chi connectivity index (χ3v) is 14.3. The van der Waals surface area contributed by atoms with Crippen LogP contribution in [0.5, 0.6) is 28.7 Å². The zero-order valence-corrected chi connectivity index (χ0v) is 32.9. The Labute approximate surface area is 333 Å². The van der Waals surface area contributed by atoms with Crippen LogP contribution in [0.25, 0.3) is 11.0 Å². The van der Waals surface area contributed by atoms with Crippen LogP contribution in [0.4, 0.5) is 0 Å². The van der Waals surface area contributed by atoms with Crippen molar-refractivity contribution in [2.75, 3.05) is 39.4 Å². The highest BCUT2D eigenvalue weighted by atomic mass is 32.2. The number of piperazine rings is 1. The van der Waals surface area contributed by atoms with Crippen molar-refractivity contribution in [3.63, 3.8) is 0 Å². The molecule has 7 aliphatic rings. The van der Waals surface area contributed by atoms with Crippen LogP contribution in [0.15, 0.2) is 47.4 Å². The molecule has 14 heteroatoms. The number of esters is 2. The molecular weight excluding hydrogens is 749 g/mol. The highest BCUT2D eigenvalue weighted by Gasteiger charge is 2.62. The lowest BCUT2D eigenvalue weighted by atomic mass is 9.71. The van der Waals surface area contributed by atoms with Gasteiger partial charge in [0.15, 0.2) is 28.5 Å². The normalized spacial score (nSPS) is 28.4. The van der Waals surface area contributed by atoms with Gasteiger partial charge in [0, 0.05) is 71.1 Å². The molecule has 13 nitrogen and oxygen atoms in total. The van der Waals surface area contributed by atoms with Crippen molar-refractivity contribution in [3.05, 3.63) is 87.7 Å². The van der Waals surface area contributed by atoms with Gasteiger partial charge in [0.2, 0.25) is 6.79 Å². The minimum Gasteiger partial charge on any atom is -0.504 e. The van der Waals surface area contributed by atoms with E-state index >= 15 is 0 Å². The van der Waals surface area contributed by atoms with E-state index in [1.807, 2.05) is 44.2 Å². The van der Waals surface area contributed by atoms with E-state index in [4.69, 9.17) is 28.1 Å². The summed E-state index contributed by atoms with van der Waals surface area (Å²) in [5, 5.41) is 27.4. The number of hydrogen-bond acceptors (Lipinski definition) is 14.